The van der Waals surface area contributed by atoms with Gasteiger partial charge in [-0.2, -0.15) is 8.78 Å². The normalized spacial score (nSPS) is 14.4. The summed E-state index contributed by atoms with van der Waals surface area (Å²) in [5, 5.41) is 5.01. The zero-order chi connectivity index (χ0) is 23.2. The lowest BCUT2D eigenvalue weighted by Gasteiger charge is -2.26. The van der Waals surface area contributed by atoms with E-state index < -0.39 is 23.7 Å². The fourth-order valence-electron chi connectivity index (χ4n) is 3.32. The maximum atomic E-state index is 15.3. The van der Waals surface area contributed by atoms with Crippen molar-refractivity contribution in [2.24, 2.45) is 0 Å². The summed E-state index contributed by atoms with van der Waals surface area (Å²) in [4.78, 5) is 11.6. The Morgan fingerprint density at radius 3 is 2.47 bits per heavy atom. The Kier molecular flexibility index (Phi) is 6.27. The Morgan fingerprint density at radius 1 is 1.09 bits per heavy atom. The molecule has 0 radical (unpaired) electrons. The van der Waals surface area contributed by atoms with Crippen LogP contribution in [-0.4, -0.2) is 12.0 Å². The molecule has 10 heteroatoms. The molecule has 3 aromatic carbocycles. The number of amides is 1. The molecule has 1 amide bonds. The quantitative estimate of drug-likeness (QED) is 0.185. The Morgan fingerprint density at radius 2 is 1.78 bits per heavy atom. The van der Waals surface area contributed by atoms with Crippen LogP contribution in [0.25, 0.3) is 11.1 Å². The molecule has 1 aliphatic rings. The highest BCUT2D eigenvalue weighted by atomic mass is 127. The van der Waals surface area contributed by atoms with Crippen LogP contribution in [-0.2, 0) is 11.3 Å². The molecule has 4 nitrogen and oxygen atoms in total. The first-order valence-corrected chi connectivity index (χ1v) is 11.4. The number of rotatable bonds is 4. The van der Waals surface area contributed by atoms with Crippen molar-refractivity contribution in [1.82, 2.24) is 0 Å². The topological polar surface area (TPSA) is 50.4 Å². The molecule has 3 aromatic rings. The van der Waals surface area contributed by atoms with E-state index in [0.717, 1.165) is 5.56 Å². The molecular weight excluding hydrogens is 654 g/mol. The Balaban J connectivity index is 1.77. The van der Waals surface area contributed by atoms with E-state index in [1.165, 1.54) is 12.1 Å². The first-order chi connectivity index (χ1) is 15.1. The first kappa shape index (κ1) is 23.1. The molecular formula is C22H14F4I2N2O2. The molecule has 166 valence electrons. The molecule has 0 unspecified atom stereocenters. The van der Waals surface area contributed by atoms with E-state index in [1.807, 2.05) is 75.5 Å². The third-order valence-corrected chi connectivity index (χ3v) is 7.20. The predicted octanol–water partition coefficient (Wildman–Crippen LogP) is 6.69. The number of alkyl halides is 2. The molecule has 0 saturated carbocycles. The van der Waals surface area contributed by atoms with Gasteiger partial charge in [0.05, 0.1) is 11.4 Å². The van der Waals surface area contributed by atoms with Crippen molar-refractivity contribution in [3.8, 4) is 16.9 Å². The van der Waals surface area contributed by atoms with Crippen LogP contribution < -0.4 is 15.4 Å². The van der Waals surface area contributed by atoms with Crippen LogP contribution in [0, 0.1) is 25.7 Å². The van der Waals surface area contributed by atoms with Gasteiger partial charge in [-0.15, -0.1) is 0 Å². The average molecular weight is 668 g/mol. The van der Waals surface area contributed by atoms with Gasteiger partial charge in [0.2, 0.25) is 0 Å². The molecule has 32 heavy (non-hydrogen) atoms. The van der Waals surface area contributed by atoms with E-state index >= 15 is 8.78 Å². The van der Waals surface area contributed by atoms with Crippen LogP contribution in [0.5, 0.6) is 5.75 Å². The number of anilines is 2. The molecule has 4 rings (SSSR count). The van der Waals surface area contributed by atoms with E-state index in [-0.39, 0.29) is 28.3 Å². The lowest BCUT2D eigenvalue weighted by Crippen LogP contribution is -2.43. The maximum absolute atomic E-state index is 15.3. The molecule has 0 aliphatic carbocycles. The second kappa shape index (κ2) is 8.69. The van der Waals surface area contributed by atoms with Crippen molar-refractivity contribution in [2.75, 3.05) is 10.6 Å². The molecule has 0 spiro atoms. The van der Waals surface area contributed by atoms with Crippen molar-refractivity contribution in [3.05, 3.63) is 72.4 Å². The first-order valence-electron chi connectivity index (χ1n) is 9.27. The molecule has 1 heterocycles. The maximum Gasteiger partial charge on any atom is 0.482 e. The highest BCUT2D eigenvalue weighted by molar-refractivity contribution is 14.1. The molecule has 1 aliphatic heterocycles. The molecule has 2 N–H and O–H groups in total. The third kappa shape index (κ3) is 4.14. The summed E-state index contributed by atoms with van der Waals surface area (Å²) >= 11 is 3.76. The molecule has 0 aromatic heterocycles. The Labute approximate surface area is 208 Å². The summed E-state index contributed by atoms with van der Waals surface area (Å²) in [6.45, 7) is 1.97. The van der Waals surface area contributed by atoms with E-state index in [0.29, 0.717) is 19.2 Å². The lowest BCUT2D eigenvalue weighted by molar-refractivity contribution is -0.189. The molecule has 0 saturated heterocycles. The van der Waals surface area contributed by atoms with Gasteiger partial charge in [0.15, 0.2) is 17.4 Å². The van der Waals surface area contributed by atoms with Crippen molar-refractivity contribution in [3.63, 3.8) is 0 Å². The zero-order valence-corrected chi connectivity index (χ0v) is 20.6. The van der Waals surface area contributed by atoms with Crippen LogP contribution in [0.1, 0.15) is 11.1 Å². The number of halogens is 6. The summed E-state index contributed by atoms with van der Waals surface area (Å²) in [6.07, 6.45) is -4.01. The predicted molar refractivity (Wildman–Crippen MR) is 130 cm³/mol. The van der Waals surface area contributed by atoms with E-state index in [4.69, 9.17) is 0 Å². The minimum Gasteiger partial charge on any atom is -0.423 e. The van der Waals surface area contributed by atoms with E-state index in [2.05, 4.69) is 15.4 Å². The van der Waals surface area contributed by atoms with Crippen LogP contribution in [0.3, 0.4) is 0 Å². The Bertz CT molecular complexity index is 1210. The van der Waals surface area contributed by atoms with Gasteiger partial charge in [0.25, 0.3) is 0 Å². The fraction of sp³-hybridized carbons (Fsp3) is 0.136. The van der Waals surface area contributed by atoms with Crippen molar-refractivity contribution in [2.45, 2.75) is 19.6 Å². The number of hydrogen-bond acceptors (Lipinski definition) is 3. The molecule has 0 atom stereocenters. The summed E-state index contributed by atoms with van der Waals surface area (Å²) in [5.41, 5.74) is 1.62. The minimum absolute atomic E-state index is 0.0235. The summed E-state index contributed by atoms with van der Waals surface area (Å²) in [5.74, 6) is -4.01. The number of benzene rings is 3. The number of carbonyl (C=O) groups is 1. The van der Waals surface area contributed by atoms with Crippen molar-refractivity contribution < 1.29 is 27.1 Å². The standard InChI is InChI=1S/C22H14F4I2N2O2/c1-10-19(28)16(17(23)18(24)20(10)29-9-11-5-3-2-4-6-11)12-7-14-15(8-13(12)27)32-22(25,26)21(31)30-14/h2-8,29H,9H2,1H3,(H,30,31). The van der Waals surface area contributed by atoms with Gasteiger partial charge in [-0.3, -0.25) is 4.79 Å². The second-order valence-corrected chi connectivity index (χ2v) is 9.30. The monoisotopic (exact) mass is 668 g/mol. The Hall–Kier alpha value is -2.09. The summed E-state index contributed by atoms with van der Waals surface area (Å²) < 4.78 is 62.7. The zero-order valence-electron chi connectivity index (χ0n) is 16.3. The minimum atomic E-state index is -4.01. The smallest absolute Gasteiger partial charge is 0.423 e. The number of hydrogen-bond donors (Lipinski definition) is 2. The van der Waals surface area contributed by atoms with Gasteiger partial charge in [-0.1, -0.05) is 30.3 Å². The van der Waals surface area contributed by atoms with Gasteiger partial charge in [-0.25, -0.2) is 8.78 Å². The van der Waals surface area contributed by atoms with E-state index in [1.54, 1.807) is 6.92 Å². The summed E-state index contributed by atoms with van der Waals surface area (Å²) in [7, 11) is 0. The van der Waals surface area contributed by atoms with Gasteiger partial charge < -0.3 is 15.4 Å². The fourth-order valence-corrected chi connectivity index (χ4v) is 4.82. The van der Waals surface area contributed by atoms with E-state index in [9.17, 15) is 13.6 Å². The number of ether oxygens (including phenoxy) is 1. The third-order valence-electron chi connectivity index (χ3n) is 4.96. The molecule has 0 fully saturated rings. The second-order valence-electron chi connectivity index (χ2n) is 7.06. The highest BCUT2D eigenvalue weighted by Crippen LogP contribution is 2.44. The lowest BCUT2D eigenvalue weighted by atomic mass is 9.99. The van der Waals surface area contributed by atoms with Crippen LogP contribution in [0.15, 0.2) is 42.5 Å². The summed E-state index contributed by atoms with van der Waals surface area (Å²) in [6, 6.07) is 11.9. The SMILES string of the molecule is Cc1c(I)c(-c2cc3c(cc2I)OC(F)(F)C(=O)N3)c(F)c(F)c1NCc1ccccc1. The van der Waals surface area contributed by atoms with Crippen LogP contribution >= 0.6 is 45.2 Å². The van der Waals surface area contributed by atoms with Gasteiger partial charge in [0, 0.05) is 24.8 Å². The van der Waals surface area contributed by atoms with Crippen molar-refractivity contribution >= 4 is 62.5 Å². The number of fused-ring (bicyclic) bond motifs is 1. The van der Waals surface area contributed by atoms with Crippen molar-refractivity contribution in [1.29, 1.82) is 0 Å². The largest absolute Gasteiger partial charge is 0.482 e. The number of carbonyl (C=O) groups excluding carboxylic acids is 1. The molecule has 0 bridgehead atoms. The van der Waals surface area contributed by atoms with Crippen LogP contribution in [0.2, 0.25) is 0 Å². The van der Waals surface area contributed by atoms with Gasteiger partial charge in [0.1, 0.15) is 0 Å². The average Bonchev–Trinajstić information content (AvgIpc) is 2.75. The van der Waals surface area contributed by atoms with Gasteiger partial charge >= 0.3 is 12.0 Å². The van der Waals surface area contributed by atoms with Crippen LogP contribution in [0.4, 0.5) is 28.9 Å². The number of nitrogens with one attached hydrogen (secondary N) is 2. The van der Waals surface area contributed by atoms with Gasteiger partial charge in [-0.05, 0) is 75.4 Å². The highest BCUT2D eigenvalue weighted by Gasteiger charge is 2.46.